The Morgan fingerprint density at radius 3 is 2.81 bits per heavy atom. The predicted octanol–water partition coefficient (Wildman–Crippen LogP) is 6.38. The Labute approximate surface area is 192 Å². The minimum Gasteiger partial charge on any atom is -0.496 e. The van der Waals surface area contributed by atoms with Crippen LogP contribution in [0.15, 0.2) is 46.9 Å². The first-order chi connectivity index (χ1) is 15.2. The molecule has 1 aliphatic carbocycles. The second-order valence-electron chi connectivity index (χ2n) is 8.89. The van der Waals surface area contributed by atoms with Gasteiger partial charge in [0.25, 0.3) is 0 Å². The number of para-hydroxylation sites is 1. The molecular formula is C26H29BrN2O2. The number of fused-ring (bicyclic) bond motifs is 3. The molecule has 4 nitrogen and oxygen atoms in total. The lowest BCUT2D eigenvalue weighted by Crippen LogP contribution is -2.40. The molecule has 0 spiro atoms. The number of hydrogen-bond donors (Lipinski definition) is 1. The number of aromatic amines is 1. The molecular weight excluding hydrogens is 452 g/mol. The minimum atomic E-state index is -0.116. The summed E-state index contributed by atoms with van der Waals surface area (Å²) in [6.45, 7) is 0.751. The smallest absolute Gasteiger partial charge is 0.223 e. The lowest BCUT2D eigenvalue weighted by atomic mass is 9.91. The van der Waals surface area contributed by atoms with Crippen molar-refractivity contribution in [3.05, 3.63) is 63.8 Å². The van der Waals surface area contributed by atoms with Gasteiger partial charge in [-0.15, -0.1) is 0 Å². The molecule has 1 aromatic heterocycles. The van der Waals surface area contributed by atoms with Gasteiger partial charge in [-0.2, -0.15) is 0 Å². The maximum absolute atomic E-state index is 13.5. The van der Waals surface area contributed by atoms with E-state index < -0.39 is 0 Å². The number of rotatable bonds is 5. The maximum atomic E-state index is 13.5. The number of carbonyl (C=O) groups is 1. The van der Waals surface area contributed by atoms with E-state index in [1.54, 1.807) is 7.11 Å². The third-order valence-corrected chi connectivity index (χ3v) is 7.74. The highest BCUT2D eigenvalue weighted by molar-refractivity contribution is 9.10. The molecule has 162 valence electrons. The van der Waals surface area contributed by atoms with Crippen molar-refractivity contribution in [1.29, 1.82) is 0 Å². The van der Waals surface area contributed by atoms with Crippen LogP contribution in [0.5, 0.6) is 5.75 Å². The summed E-state index contributed by atoms with van der Waals surface area (Å²) in [5.41, 5.74) is 4.71. The van der Waals surface area contributed by atoms with Crippen molar-refractivity contribution in [1.82, 2.24) is 9.88 Å². The summed E-state index contributed by atoms with van der Waals surface area (Å²) in [6, 6.07) is 14.5. The number of carbonyl (C=O) groups excluding carboxylic acids is 1. The lowest BCUT2D eigenvalue weighted by molar-refractivity contribution is -0.133. The first-order valence-corrected chi connectivity index (χ1v) is 12.2. The predicted molar refractivity (Wildman–Crippen MR) is 127 cm³/mol. The van der Waals surface area contributed by atoms with Gasteiger partial charge in [-0.3, -0.25) is 4.79 Å². The Morgan fingerprint density at radius 2 is 2.00 bits per heavy atom. The molecule has 2 heterocycles. The largest absolute Gasteiger partial charge is 0.496 e. The molecule has 0 radical (unpaired) electrons. The highest BCUT2D eigenvalue weighted by Crippen LogP contribution is 2.41. The molecule has 31 heavy (non-hydrogen) atoms. The van der Waals surface area contributed by atoms with Crippen molar-refractivity contribution in [3.63, 3.8) is 0 Å². The van der Waals surface area contributed by atoms with Gasteiger partial charge >= 0.3 is 0 Å². The Bertz CT molecular complexity index is 1100. The first-order valence-electron chi connectivity index (χ1n) is 11.4. The van der Waals surface area contributed by atoms with Crippen molar-refractivity contribution in [2.45, 2.75) is 51.0 Å². The van der Waals surface area contributed by atoms with Crippen molar-refractivity contribution in [2.75, 3.05) is 13.7 Å². The fourth-order valence-corrected chi connectivity index (χ4v) is 5.88. The fraction of sp³-hybridized carbons (Fsp3) is 0.423. The molecule has 2 aliphatic rings. The van der Waals surface area contributed by atoms with E-state index in [1.807, 2.05) is 6.07 Å². The van der Waals surface area contributed by atoms with Crippen LogP contribution in [0.4, 0.5) is 0 Å². The third-order valence-electron chi connectivity index (χ3n) is 7.09. The number of benzene rings is 2. The van der Waals surface area contributed by atoms with Gasteiger partial charge in [0.15, 0.2) is 0 Å². The molecule has 0 saturated heterocycles. The van der Waals surface area contributed by atoms with Gasteiger partial charge < -0.3 is 14.6 Å². The summed E-state index contributed by atoms with van der Waals surface area (Å²) in [6.07, 6.45) is 7.76. The van der Waals surface area contributed by atoms with E-state index in [2.05, 4.69) is 62.2 Å². The molecule has 1 fully saturated rings. The van der Waals surface area contributed by atoms with Crippen molar-refractivity contribution in [2.24, 2.45) is 5.92 Å². The van der Waals surface area contributed by atoms with Gasteiger partial charge in [0.1, 0.15) is 5.75 Å². The average Bonchev–Trinajstić information content (AvgIpc) is 3.45. The molecule has 0 bridgehead atoms. The zero-order chi connectivity index (χ0) is 21.4. The summed E-state index contributed by atoms with van der Waals surface area (Å²) in [7, 11) is 1.68. The number of nitrogens with zero attached hydrogens (tertiary/aromatic N) is 1. The van der Waals surface area contributed by atoms with Gasteiger partial charge in [0.05, 0.1) is 17.6 Å². The Kier molecular flexibility index (Phi) is 5.79. The number of amides is 1. The molecule has 1 atom stereocenters. The van der Waals surface area contributed by atoms with Gasteiger partial charge in [0, 0.05) is 29.6 Å². The maximum Gasteiger partial charge on any atom is 0.223 e. The van der Waals surface area contributed by atoms with Gasteiger partial charge in [-0.05, 0) is 64.0 Å². The van der Waals surface area contributed by atoms with Gasteiger partial charge in [-0.25, -0.2) is 0 Å². The standard InChI is InChI=1S/C26H29BrN2O2/c1-31-23-16-18(11-12-21(23)27)26-25-20(19-8-4-5-9-22(19)28-25)14-15-29(26)24(30)13-10-17-6-2-3-7-17/h4-5,8-9,11-12,16-17,26,28H,2-3,6-7,10,13-15H2,1H3. The van der Waals surface area contributed by atoms with Crippen LogP contribution in [0.25, 0.3) is 10.9 Å². The molecule has 1 amide bonds. The second kappa shape index (κ2) is 8.70. The SMILES string of the molecule is COc1cc(C2c3[nH]c4ccccc4c3CCN2C(=O)CCC2CCCC2)ccc1Br. The summed E-state index contributed by atoms with van der Waals surface area (Å²) in [5, 5.41) is 1.27. The summed E-state index contributed by atoms with van der Waals surface area (Å²) < 4.78 is 6.50. The van der Waals surface area contributed by atoms with Crippen LogP contribution in [-0.4, -0.2) is 29.4 Å². The highest BCUT2D eigenvalue weighted by Gasteiger charge is 2.35. The zero-order valence-electron chi connectivity index (χ0n) is 18.0. The number of halogens is 1. The topological polar surface area (TPSA) is 45.3 Å². The molecule has 1 unspecified atom stereocenters. The van der Waals surface area contributed by atoms with Crippen LogP contribution < -0.4 is 4.74 Å². The summed E-state index contributed by atoms with van der Waals surface area (Å²) in [5.74, 6) is 1.78. The van der Waals surface area contributed by atoms with Crippen LogP contribution >= 0.6 is 15.9 Å². The van der Waals surface area contributed by atoms with E-state index in [0.717, 1.165) is 52.3 Å². The van der Waals surface area contributed by atoms with Crippen LogP contribution in [0.2, 0.25) is 0 Å². The first kappa shape index (κ1) is 20.6. The van der Waals surface area contributed by atoms with E-state index in [0.29, 0.717) is 6.42 Å². The average molecular weight is 481 g/mol. The molecule has 3 aromatic rings. The van der Waals surface area contributed by atoms with Crippen LogP contribution in [0.3, 0.4) is 0 Å². The number of hydrogen-bond acceptors (Lipinski definition) is 2. The summed E-state index contributed by atoms with van der Waals surface area (Å²) in [4.78, 5) is 19.2. The van der Waals surface area contributed by atoms with Crippen LogP contribution in [0, 0.1) is 5.92 Å². The monoisotopic (exact) mass is 480 g/mol. The Balaban J connectivity index is 1.53. The van der Waals surface area contributed by atoms with E-state index >= 15 is 0 Å². The fourth-order valence-electron chi connectivity index (χ4n) is 5.47. The zero-order valence-corrected chi connectivity index (χ0v) is 19.6. The lowest BCUT2D eigenvalue weighted by Gasteiger charge is -2.36. The van der Waals surface area contributed by atoms with Gasteiger partial charge in [0.2, 0.25) is 5.91 Å². The van der Waals surface area contributed by atoms with Crippen molar-refractivity contribution < 1.29 is 9.53 Å². The quantitative estimate of drug-likeness (QED) is 0.460. The number of H-pyrrole nitrogens is 1. The number of ether oxygens (including phenoxy) is 1. The normalized spacial score (nSPS) is 19.0. The number of nitrogens with one attached hydrogen (secondary N) is 1. The van der Waals surface area contributed by atoms with Crippen molar-refractivity contribution >= 4 is 32.7 Å². The molecule has 5 heteroatoms. The number of methoxy groups -OCH3 is 1. The second-order valence-corrected chi connectivity index (χ2v) is 9.74. The van der Waals surface area contributed by atoms with E-state index in [-0.39, 0.29) is 11.9 Å². The van der Waals surface area contributed by atoms with E-state index in [1.165, 1.54) is 36.6 Å². The molecule has 1 N–H and O–H groups in total. The molecule has 1 aliphatic heterocycles. The number of aromatic nitrogens is 1. The van der Waals surface area contributed by atoms with Gasteiger partial charge in [-0.1, -0.05) is 49.9 Å². The van der Waals surface area contributed by atoms with E-state index in [9.17, 15) is 4.79 Å². The highest BCUT2D eigenvalue weighted by atomic mass is 79.9. The molecule has 5 rings (SSSR count). The molecule has 1 saturated carbocycles. The van der Waals surface area contributed by atoms with Crippen molar-refractivity contribution in [3.8, 4) is 5.75 Å². The summed E-state index contributed by atoms with van der Waals surface area (Å²) >= 11 is 3.57. The minimum absolute atomic E-state index is 0.116. The van der Waals surface area contributed by atoms with Crippen LogP contribution in [-0.2, 0) is 11.2 Å². The van der Waals surface area contributed by atoms with Crippen LogP contribution in [0.1, 0.15) is 61.4 Å². The van der Waals surface area contributed by atoms with E-state index in [4.69, 9.17) is 4.74 Å². The third kappa shape index (κ3) is 3.89. The molecule has 2 aromatic carbocycles. The Hall–Kier alpha value is -2.27. The Morgan fingerprint density at radius 1 is 1.19 bits per heavy atom.